The Balaban J connectivity index is 2.15. The van der Waals surface area contributed by atoms with Crippen LogP contribution in [-0.4, -0.2) is 35.9 Å². The molecule has 8 nitrogen and oxygen atoms in total. The van der Waals surface area contributed by atoms with Crippen molar-refractivity contribution in [1.29, 1.82) is 0 Å². The van der Waals surface area contributed by atoms with Crippen molar-refractivity contribution in [1.82, 2.24) is 29.4 Å². The lowest BCUT2D eigenvalue weighted by molar-refractivity contribution is 0.782. The second-order valence-electron chi connectivity index (χ2n) is 3.74. The molecule has 0 atom stereocenters. The van der Waals surface area contributed by atoms with Crippen LogP contribution in [0.5, 0.6) is 0 Å². The number of aromatic nitrogens is 6. The van der Waals surface area contributed by atoms with Crippen molar-refractivity contribution >= 4 is 5.65 Å². The predicted molar refractivity (Wildman–Crippen MR) is 63.5 cm³/mol. The SMILES string of the molecule is NCCc1nccn1-c1ccc2n[nH]c(=O)n2n1. The normalized spacial score (nSPS) is 11.2. The summed E-state index contributed by atoms with van der Waals surface area (Å²) in [6, 6.07) is 3.49. The molecule has 0 unspecified atom stereocenters. The summed E-state index contributed by atoms with van der Waals surface area (Å²) in [5, 5.41) is 10.4. The Bertz CT molecular complexity index is 738. The number of nitrogens with one attached hydrogen (secondary N) is 1. The highest BCUT2D eigenvalue weighted by Gasteiger charge is 2.08. The largest absolute Gasteiger partial charge is 0.364 e. The van der Waals surface area contributed by atoms with Crippen molar-refractivity contribution in [2.45, 2.75) is 6.42 Å². The van der Waals surface area contributed by atoms with Crippen LogP contribution in [0.1, 0.15) is 5.82 Å². The summed E-state index contributed by atoms with van der Waals surface area (Å²) in [4.78, 5) is 15.7. The van der Waals surface area contributed by atoms with E-state index in [-0.39, 0.29) is 5.69 Å². The van der Waals surface area contributed by atoms with Crippen molar-refractivity contribution in [3.63, 3.8) is 0 Å². The van der Waals surface area contributed by atoms with E-state index >= 15 is 0 Å². The van der Waals surface area contributed by atoms with Gasteiger partial charge in [0.15, 0.2) is 11.5 Å². The quantitative estimate of drug-likeness (QED) is 0.622. The second-order valence-corrected chi connectivity index (χ2v) is 3.74. The van der Waals surface area contributed by atoms with Crippen molar-refractivity contribution in [3.05, 3.63) is 40.8 Å². The summed E-state index contributed by atoms with van der Waals surface area (Å²) in [7, 11) is 0. The van der Waals surface area contributed by atoms with Crippen molar-refractivity contribution in [3.8, 4) is 5.82 Å². The molecule has 0 spiro atoms. The van der Waals surface area contributed by atoms with E-state index in [0.717, 1.165) is 5.82 Å². The van der Waals surface area contributed by atoms with E-state index < -0.39 is 0 Å². The first-order valence-electron chi connectivity index (χ1n) is 5.47. The zero-order valence-electron chi connectivity index (χ0n) is 9.45. The highest BCUT2D eigenvalue weighted by atomic mass is 16.2. The van der Waals surface area contributed by atoms with Gasteiger partial charge in [0.1, 0.15) is 5.82 Å². The summed E-state index contributed by atoms with van der Waals surface area (Å²) in [6.07, 6.45) is 4.10. The van der Waals surface area contributed by atoms with Gasteiger partial charge in [-0.3, -0.25) is 4.57 Å². The standard InChI is InChI=1S/C10H11N7O/c11-4-3-7-12-5-6-16(7)9-2-1-8-13-14-10(18)17(8)15-9/h1-2,5-6H,3-4,11H2,(H,14,18). The molecule has 0 radical (unpaired) electrons. The molecule has 3 heterocycles. The predicted octanol–water partition coefficient (Wildman–Crippen LogP) is -0.896. The molecular weight excluding hydrogens is 234 g/mol. The second kappa shape index (κ2) is 4.08. The molecule has 3 rings (SSSR count). The number of fused-ring (bicyclic) bond motifs is 1. The summed E-state index contributed by atoms with van der Waals surface area (Å²) in [5.41, 5.74) is 5.63. The third-order valence-electron chi connectivity index (χ3n) is 2.59. The maximum Gasteiger partial charge on any atom is 0.364 e. The Morgan fingerprint density at radius 1 is 1.39 bits per heavy atom. The van der Waals surface area contributed by atoms with E-state index in [0.29, 0.717) is 24.4 Å². The zero-order valence-corrected chi connectivity index (χ0v) is 9.45. The Morgan fingerprint density at radius 3 is 3.11 bits per heavy atom. The van der Waals surface area contributed by atoms with Gasteiger partial charge in [0.05, 0.1) is 0 Å². The first-order valence-corrected chi connectivity index (χ1v) is 5.47. The van der Waals surface area contributed by atoms with Crippen LogP contribution in [0.3, 0.4) is 0 Å². The van der Waals surface area contributed by atoms with E-state index in [4.69, 9.17) is 5.73 Å². The number of hydrogen-bond donors (Lipinski definition) is 2. The van der Waals surface area contributed by atoms with Gasteiger partial charge in [0.25, 0.3) is 0 Å². The van der Waals surface area contributed by atoms with Gasteiger partial charge >= 0.3 is 5.69 Å². The number of nitrogens with zero attached hydrogens (tertiary/aromatic N) is 5. The Kier molecular flexibility index (Phi) is 2.41. The van der Waals surface area contributed by atoms with Gasteiger partial charge in [-0.2, -0.15) is 9.61 Å². The van der Waals surface area contributed by atoms with Gasteiger partial charge in [0.2, 0.25) is 0 Å². The van der Waals surface area contributed by atoms with E-state index in [9.17, 15) is 4.79 Å². The van der Waals surface area contributed by atoms with Gasteiger partial charge in [0, 0.05) is 18.8 Å². The smallest absolute Gasteiger partial charge is 0.330 e. The molecule has 3 aromatic heterocycles. The number of hydrogen-bond acceptors (Lipinski definition) is 5. The molecule has 0 saturated heterocycles. The number of aromatic amines is 1. The number of imidazole rings is 1. The molecular formula is C10H11N7O. The molecule has 0 amide bonds. The van der Waals surface area contributed by atoms with Crippen molar-refractivity contribution in [2.75, 3.05) is 6.54 Å². The van der Waals surface area contributed by atoms with Gasteiger partial charge in [-0.25, -0.2) is 14.9 Å². The maximum atomic E-state index is 11.4. The van der Waals surface area contributed by atoms with Gasteiger partial charge in [-0.05, 0) is 18.7 Å². The lowest BCUT2D eigenvalue weighted by Gasteiger charge is -2.05. The third-order valence-corrected chi connectivity index (χ3v) is 2.59. The van der Waals surface area contributed by atoms with E-state index in [1.54, 1.807) is 29.1 Å². The topological polar surface area (TPSA) is 107 Å². The van der Waals surface area contributed by atoms with Crippen molar-refractivity contribution in [2.24, 2.45) is 5.73 Å². The molecule has 0 aromatic carbocycles. The maximum absolute atomic E-state index is 11.4. The molecule has 18 heavy (non-hydrogen) atoms. The molecule has 0 fully saturated rings. The zero-order chi connectivity index (χ0) is 12.5. The lowest BCUT2D eigenvalue weighted by Crippen LogP contribution is -2.15. The first kappa shape index (κ1) is 10.7. The Morgan fingerprint density at radius 2 is 2.28 bits per heavy atom. The molecule has 3 aromatic rings. The third kappa shape index (κ3) is 1.59. The molecule has 3 N–H and O–H groups in total. The molecule has 92 valence electrons. The number of H-pyrrole nitrogens is 1. The molecule has 8 heteroatoms. The summed E-state index contributed by atoms with van der Waals surface area (Å²) < 4.78 is 3.01. The lowest BCUT2D eigenvalue weighted by atomic mass is 10.4. The van der Waals surface area contributed by atoms with E-state index in [2.05, 4.69) is 20.3 Å². The van der Waals surface area contributed by atoms with Gasteiger partial charge < -0.3 is 5.73 Å². The van der Waals surface area contributed by atoms with Crippen LogP contribution in [0, 0.1) is 0 Å². The average molecular weight is 245 g/mol. The van der Waals surface area contributed by atoms with E-state index in [1.165, 1.54) is 4.52 Å². The number of nitrogens with two attached hydrogens (primary N) is 1. The van der Waals surface area contributed by atoms with Gasteiger partial charge in [-0.1, -0.05) is 0 Å². The Labute approximate surface area is 101 Å². The monoisotopic (exact) mass is 245 g/mol. The minimum absolute atomic E-state index is 0.368. The van der Waals surface area contributed by atoms with E-state index in [1.807, 2.05) is 0 Å². The van der Waals surface area contributed by atoms with Crippen LogP contribution in [0.15, 0.2) is 29.3 Å². The van der Waals surface area contributed by atoms with Crippen LogP contribution < -0.4 is 11.4 Å². The number of rotatable bonds is 3. The van der Waals surface area contributed by atoms with Crippen LogP contribution >= 0.6 is 0 Å². The minimum atomic E-state index is -0.368. The van der Waals surface area contributed by atoms with Gasteiger partial charge in [-0.15, -0.1) is 5.10 Å². The minimum Gasteiger partial charge on any atom is -0.330 e. The summed E-state index contributed by atoms with van der Waals surface area (Å²) in [6.45, 7) is 0.505. The summed E-state index contributed by atoms with van der Waals surface area (Å²) >= 11 is 0. The molecule has 0 saturated carbocycles. The highest BCUT2D eigenvalue weighted by Crippen LogP contribution is 2.08. The fourth-order valence-electron chi connectivity index (χ4n) is 1.78. The fraction of sp³-hybridized carbons (Fsp3) is 0.200. The first-order chi connectivity index (χ1) is 8.79. The Hall–Kier alpha value is -2.48. The van der Waals surface area contributed by atoms with Crippen LogP contribution in [0.25, 0.3) is 11.5 Å². The van der Waals surface area contributed by atoms with Crippen LogP contribution in [-0.2, 0) is 6.42 Å². The van der Waals surface area contributed by atoms with Crippen LogP contribution in [0.2, 0.25) is 0 Å². The molecule has 0 aliphatic carbocycles. The fourth-order valence-corrected chi connectivity index (χ4v) is 1.78. The molecule has 0 bridgehead atoms. The van der Waals surface area contributed by atoms with Crippen molar-refractivity contribution < 1.29 is 0 Å². The average Bonchev–Trinajstić information content (AvgIpc) is 2.97. The molecule has 0 aliphatic heterocycles. The highest BCUT2D eigenvalue weighted by molar-refractivity contribution is 5.38. The molecule has 0 aliphatic rings. The summed E-state index contributed by atoms with van der Waals surface area (Å²) in [5.74, 6) is 1.41. The van der Waals surface area contributed by atoms with Crippen LogP contribution in [0.4, 0.5) is 0 Å².